The fourth-order valence-electron chi connectivity index (χ4n) is 2.15. The van der Waals surface area contributed by atoms with E-state index in [1.54, 1.807) is 4.68 Å². The summed E-state index contributed by atoms with van der Waals surface area (Å²) in [6.07, 6.45) is 1.47. The molecule has 1 heterocycles. The molecule has 0 saturated carbocycles. The number of ether oxygens (including phenoxy) is 1. The van der Waals surface area contributed by atoms with E-state index >= 15 is 0 Å². The standard InChI is InChI=1S/C13H15F3N4O/c1-3-20-13(10(21-2)6-18-20)12(19-17)7-4-8(14)11(16)9(15)5-7/h4-6,12,19H,3,17H2,1-2H3. The average Bonchev–Trinajstić information content (AvgIpc) is 2.88. The van der Waals surface area contributed by atoms with Gasteiger partial charge in [0.25, 0.3) is 0 Å². The molecule has 1 aromatic heterocycles. The summed E-state index contributed by atoms with van der Waals surface area (Å²) in [7, 11) is 1.44. The van der Waals surface area contributed by atoms with Crippen molar-refractivity contribution in [2.24, 2.45) is 5.84 Å². The van der Waals surface area contributed by atoms with Crippen molar-refractivity contribution in [2.45, 2.75) is 19.5 Å². The second kappa shape index (κ2) is 6.15. The molecule has 1 aromatic carbocycles. The molecular weight excluding hydrogens is 285 g/mol. The number of nitrogens with two attached hydrogens (primary N) is 1. The van der Waals surface area contributed by atoms with Crippen molar-refractivity contribution in [2.75, 3.05) is 7.11 Å². The summed E-state index contributed by atoms with van der Waals surface area (Å²) in [5, 5.41) is 4.10. The number of nitrogens with one attached hydrogen (secondary N) is 1. The van der Waals surface area contributed by atoms with E-state index in [0.717, 1.165) is 12.1 Å². The Morgan fingerprint density at radius 3 is 2.43 bits per heavy atom. The lowest BCUT2D eigenvalue weighted by molar-refractivity contribution is 0.398. The number of nitrogens with zero attached hydrogens (tertiary/aromatic N) is 2. The van der Waals surface area contributed by atoms with Gasteiger partial charge >= 0.3 is 0 Å². The maximum absolute atomic E-state index is 13.4. The number of benzene rings is 1. The lowest BCUT2D eigenvalue weighted by Crippen LogP contribution is -2.31. The largest absolute Gasteiger partial charge is 0.493 e. The summed E-state index contributed by atoms with van der Waals surface area (Å²) < 4.78 is 46.6. The Morgan fingerprint density at radius 2 is 1.95 bits per heavy atom. The van der Waals surface area contributed by atoms with Gasteiger partial charge in [-0.3, -0.25) is 10.5 Å². The number of aryl methyl sites for hydroxylation is 1. The van der Waals surface area contributed by atoms with E-state index in [9.17, 15) is 13.2 Å². The summed E-state index contributed by atoms with van der Waals surface area (Å²) in [5.74, 6) is 1.81. The first kappa shape index (κ1) is 15.3. The van der Waals surface area contributed by atoms with Gasteiger partial charge in [-0.15, -0.1) is 0 Å². The van der Waals surface area contributed by atoms with E-state index in [1.807, 2.05) is 6.92 Å². The van der Waals surface area contributed by atoms with Crippen LogP contribution in [0.5, 0.6) is 5.75 Å². The van der Waals surface area contributed by atoms with Crippen LogP contribution >= 0.6 is 0 Å². The maximum Gasteiger partial charge on any atom is 0.194 e. The molecule has 8 heteroatoms. The number of hydrazine groups is 1. The Kier molecular flexibility index (Phi) is 4.49. The van der Waals surface area contributed by atoms with Crippen molar-refractivity contribution in [1.82, 2.24) is 15.2 Å². The number of halogens is 3. The predicted molar refractivity (Wildman–Crippen MR) is 69.9 cm³/mol. The number of methoxy groups -OCH3 is 1. The lowest BCUT2D eigenvalue weighted by atomic mass is 10.0. The molecule has 0 amide bonds. The highest BCUT2D eigenvalue weighted by Gasteiger charge is 2.24. The molecule has 0 saturated heterocycles. The molecule has 0 fully saturated rings. The van der Waals surface area contributed by atoms with Gasteiger partial charge in [-0.2, -0.15) is 5.10 Å². The number of hydrogen-bond donors (Lipinski definition) is 2. The van der Waals surface area contributed by atoms with Crippen LogP contribution in [0.15, 0.2) is 18.3 Å². The molecule has 114 valence electrons. The first-order chi connectivity index (χ1) is 10.0. The second-order valence-electron chi connectivity index (χ2n) is 4.31. The van der Waals surface area contributed by atoms with Gasteiger partial charge in [0.15, 0.2) is 23.2 Å². The smallest absolute Gasteiger partial charge is 0.194 e. The van der Waals surface area contributed by atoms with Gasteiger partial charge in [0, 0.05) is 6.54 Å². The van der Waals surface area contributed by atoms with Crippen LogP contribution in [0.2, 0.25) is 0 Å². The molecule has 0 aliphatic rings. The molecule has 1 atom stereocenters. The third-order valence-electron chi connectivity index (χ3n) is 3.14. The zero-order chi connectivity index (χ0) is 15.6. The van der Waals surface area contributed by atoms with Crippen LogP contribution in [0.25, 0.3) is 0 Å². The van der Waals surface area contributed by atoms with Gasteiger partial charge in [-0.25, -0.2) is 18.6 Å². The minimum atomic E-state index is -1.52. The molecule has 1 unspecified atom stereocenters. The van der Waals surface area contributed by atoms with Crippen molar-refractivity contribution >= 4 is 0 Å². The lowest BCUT2D eigenvalue weighted by Gasteiger charge is -2.19. The minimum Gasteiger partial charge on any atom is -0.493 e. The van der Waals surface area contributed by atoms with Crippen molar-refractivity contribution in [3.8, 4) is 5.75 Å². The van der Waals surface area contributed by atoms with Crippen molar-refractivity contribution < 1.29 is 17.9 Å². The number of rotatable bonds is 5. The monoisotopic (exact) mass is 300 g/mol. The highest BCUT2D eigenvalue weighted by Crippen LogP contribution is 2.30. The molecular formula is C13H15F3N4O. The maximum atomic E-state index is 13.4. The van der Waals surface area contributed by atoms with Gasteiger partial charge in [0.2, 0.25) is 0 Å². The Balaban J connectivity index is 2.57. The molecule has 2 rings (SSSR count). The molecule has 0 radical (unpaired) electrons. The Hall–Kier alpha value is -2.06. The first-order valence-electron chi connectivity index (χ1n) is 6.23. The van der Waals surface area contributed by atoms with Crippen molar-refractivity contribution in [3.05, 3.63) is 47.0 Å². The van der Waals surface area contributed by atoms with Gasteiger partial charge in [0.1, 0.15) is 5.69 Å². The quantitative estimate of drug-likeness (QED) is 0.503. The summed E-state index contributed by atoms with van der Waals surface area (Å²) >= 11 is 0. The zero-order valence-electron chi connectivity index (χ0n) is 11.5. The van der Waals surface area contributed by atoms with Crippen LogP contribution in [0.3, 0.4) is 0 Å². The molecule has 0 aliphatic carbocycles. The summed E-state index contributed by atoms with van der Waals surface area (Å²) in [4.78, 5) is 0. The molecule has 21 heavy (non-hydrogen) atoms. The van der Waals surface area contributed by atoms with Crippen LogP contribution in [0, 0.1) is 17.5 Å². The van der Waals surface area contributed by atoms with Crippen LogP contribution in [0.1, 0.15) is 24.2 Å². The van der Waals surface area contributed by atoms with E-state index in [1.165, 1.54) is 13.3 Å². The van der Waals surface area contributed by atoms with E-state index in [-0.39, 0.29) is 5.56 Å². The summed E-state index contributed by atoms with van der Waals surface area (Å²) in [6, 6.07) is 0.970. The Morgan fingerprint density at radius 1 is 1.33 bits per heavy atom. The molecule has 0 bridgehead atoms. The highest BCUT2D eigenvalue weighted by atomic mass is 19.2. The number of hydrogen-bond acceptors (Lipinski definition) is 4. The second-order valence-corrected chi connectivity index (χ2v) is 4.31. The van der Waals surface area contributed by atoms with E-state index in [2.05, 4.69) is 10.5 Å². The van der Waals surface area contributed by atoms with Crippen LogP contribution in [-0.2, 0) is 6.54 Å². The molecule has 3 N–H and O–H groups in total. The third-order valence-corrected chi connectivity index (χ3v) is 3.14. The fourth-order valence-corrected chi connectivity index (χ4v) is 2.15. The average molecular weight is 300 g/mol. The van der Waals surface area contributed by atoms with E-state index in [0.29, 0.717) is 18.0 Å². The molecule has 2 aromatic rings. The molecule has 0 spiro atoms. The zero-order valence-corrected chi connectivity index (χ0v) is 11.5. The fraction of sp³-hybridized carbons (Fsp3) is 0.308. The van der Waals surface area contributed by atoms with Gasteiger partial charge in [0.05, 0.1) is 19.3 Å². The Labute approximate surface area is 119 Å². The van der Waals surface area contributed by atoms with Gasteiger partial charge < -0.3 is 4.74 Å². The molecule has 5 nitrogen and oxygen atoms in total. The third kappa shape index (κ3) is 2.72. The normalized spacial score (nSPS) is 12.5. The van der Waals surface area contributed by atoms with Gasteiger partial charge in [-0.1, -0.05) is 0 Å². The predicted octanol–water partition coefficient (Wildman–Crippen LogP) is 1.88. The van der Waals surface area contributed by atoms with E-state index < -0.39 is 23.5 Å². The highest BCUT2D eigenvalue weighted by molar-refractivity contribution is 5.37. The molecule has 0 aliphatic heterocycles. The SMILES string of the molecule is CCn1ncc(OC)c1C(NN)c1cc(F)c(F)c(F)c1. The topological polar surface area (TPSA) is 65.1 Å². The van der Waals surface area contributed by atoms with Crippen LogP contribution < -0.4 is 16.0 Å². The summed E-state index contributed by atoms with van der Waals surface area (Å²) in [5.41, 5.74) is 3.07. The van der Waals surface area contributed by atoms with Crippen molar-refractivity contribution in [1.29, 1.82) is 0 Å². The Bertz CT molecular complexity index is 600. The van der Waals surface area contributed by atoms with Crippen LogP contribution in [-0.4, -0.2) is 16.9 Å². The van der Waals surface area contributed by atoms with Crippen molar-refractivity contribution in [3.63, 3.8) is 0 Å². The summed E-state index contributed by atoms with van der Waals surface area (Å²) in [6.45, 7) is 2.35. The first-order valence-corrected chi connectivity index (χ1v) is 6.23. The number of aromatic nitrogens is 2. The van der Waals surface area contributed by atoms with Gasteiger partial charge in [-0.05, 0) is 24.6 Å². The van der Waals surface area contributed by atoms with E-state index in [4.69, 9.17) is 10.6 Å². The minimum absolute atomic E-state index is 0.127. The van der Waals surface area contributed by atoms with Crippen LogP contribution in [0.4, 0.5) is 13.2 Å².